The predicted octanol–water partition coefficient (Wildman–Crippen LogP) is 3.00. The molecule has 0 radical (unpaired) electrons. The van der Waals surface area contributed by atoms with E-state index in [0.29, 0.717) is 14.9 Å². The Morgan fingerprint density at radius 3 is 2.42 bits per heavy atom. The van der Waals surface area contributed by atoms with Crippen molar-refractivity contribution in [2.24, 2.45) is 0 Å². The van der Waals surface area contributed by atoms with Crippen LogP contribution in [0.5, 0.6) is 0 Å². The maximum Gasteiger partial charge on any atom is 0.273 e. The zero-order valence-corrected chi connectivity index (χ0v) is 16.1. The number of aromatic nitrogens is 1. The normalized spacial score (nSPS) is 11.0. The molecule has 0 aliphatic rings. The molecule has 0 N–H and O–H groups in total. The number of nitrogens with zero attached hydrogens (tertiary/aromatic N) is 3. The van der Waals surface area contributed by atoms with Crippen LogP contribution in [0.3, 0.4) is 0 Å². The molecular formula is C20H12BrN3OS. The molecule has 0 saturated heterocycles. The van der Waals surface area contributed by atoms with Gasteiger partial charge in [0.05, 0.1) is 10.2 Å². The van der Waals surface area contributed by atoms with E-state index in [1.54, 1.807) is 6.08 Å². The second-order valence-electron chi connectivity index (χ2n) is 5.46. The van der Waals surface area contributed by atoms with Crippen molar-refractivity contribution in [3.05, 3.63) is 83.7 Å². The fourth-order valence-electron chi connectivity index (χ4n) is 2.54. The second kappa shape index (κ2) is 7.53. The van der Waals surface area contributed by atoms with Crippen LogP contribution < -0.4 is 14.8 Å². The maximum atomic E-state index is 13.1. The second-order valence-corrected chi connectivity index (χ2v) is 7.35. The summed E-state index contributed by atoms with van der Waals surface area (Å²) in [6, 6.07) is 18.7. The highest BCUT2D eigenvalue weighted by molar-refractivity contribution is 9.10. The molecule has 3 aromatic rings. The number of aryl methyl sites for hydroxylation is 1. The van der Waals surface area contributed by atoms with Crippen LogP contribution in [-0.2, 0) is 0 Å². The van der Waals surface area contributed by atoms with Crippen LogP contribution in [0, 0.1) is 29.6 Å². The molecule has 3 rings (SSSR count). The zero-order chi connectivity index (χ0) is 18.7. The van der Waals surface area contributed by atoms with Crippen molar-refractivity contribution < 1.29 is 0 Å². The topological polar surface area (TPSA) is 69.6 Å². The van der Waals surface area contributed by atoms with E-state index in [2.05, 4.69) is 15.9 Å². The molecule has 1 aromatic heterocycles. The first-order valence-corrected chi connectivity index (χ1v) is 9.26. The van der Waals surface area contributed by atoms with Gasteiger partial charge in [-0.15, -0.1) is 11.3 Å². The third-order valence-electron chi connectivity index (χ3n) is 3.81. The van der Waals surface area contributed by atoms with Crippen LogP contribution >= 0.6 is 27.3 Å². The molecule has 2 aromatic carbocycles. The van der Waals surface area contributed by atoms with Crippen LogP contribution in [0.15, 0.2) is 57.8 Å². The van der Waals surface area contributed by atoms with Gasteiger partial charge < -0.3 is 0 Å². The summed E-state index contributed by atoms with van der Waals surface area (Å²) in [5.74, 6) is 0. The number of hydrogen-bond donors (Lipinski definition) is 0. The number of benzene rings is 2. The summed E-state index contributed by atoms with van der Waals surface area (Å²) in [4.78, 5) is 13.1. The van der Waals surface area contributed by atoms with Crippen molar-refractivity contribution >= 4 is 38.9 Å². The summed E-state index contributed by atoms with van der Waals surface area (Å²) in [5, 5.41) is 18.6. The van der Waals surface area contributed by atoms with Crippen LogP contribution in [-0.4, -0.2) is 4.57 Å². The largest absolute Gasteiger partial charge is 0.273 e. The van der Waals surface area contributed by atoms with Gasteiger partial charge in [0.15, 0.2) is 5.57 Å². The molecule has 0 fully saturated rings. The lowest BCUT2D eigenvalue weighted by atomic mass is 10.2. The van der Waals surface area contributed by atoms with Crippen molar-refractivity contribution in [1.29, 1.82) is 10.5 Å². The highest BCUT2D eigenvalue weighted by atomic mass is 79.9. The predicted molar refractivity (Wildman–Crippen MR) is 106 cm³/mol. The number of hydrogen-bond acceptors (Lipinski definition) is 4. The van der Waals surface area contributed by atoms with Gasteiger partial charge in [0.2, 0.25) is 0 Å². The quantitative estimate of drug-likeness (QED) is 0.638. The lowest BCUT2D eigenvalue weighted by molar-refractivity contribution is 0.975. The van der Waals surface area contributed by atoms with Crippen molar-refractivity contribution in [2.45, 2.75) is 6.92 Å². The highest BCUT2D eigenvalue weighted by Crippen LogP contribution is 2.16. The Labute approximate surface area is 162 Å². The standard InChI is InChI=1S/C20H12BrN3OS/c1-13-6-2-5-9-17(13)24-19(25)18(26-20(24)15(11-22)12-23)10-14-7-3-4-8-16(14)21/h2-10H,1H3/b18-10+. The van der Waals surface area contributed by atoms with Gasteiger partial charge in [0.1, 0.15) is 16.8 Å². The molecule has 1 heterocycles. The SMILES string of the molecule is Cc1ccccc1-n1c(=C(C#N)C#N)s/c(=C/c2ccccc2Br)c1=O. The summed E-state index contributed by atoms with van der Waals surface area (Å²) in [6.45, 7) is 1.89. The molecule has 4 nitrogen and oxygen atoms in total. The summed E-state index contributed by atoms with van der Waals surface area (Å²) < 4.78 is 3.11. The molecule has 126 valence electrons. The number of halogens is 1. The third kappa shape index (κ3) is 3.25. The average molecular weight is 422 g/mol. The van der Waals surface area contributed by atoms with E-state index < -0.39 is 0 Å². The van der Waals surface area contributed by atoms with Gasteiger partial charge >= 0.3 is 0 Å². The third-order valence-corrected chi connectivity index (χ3v) is 5.62. The Morgan fingerprint density at radius 1 is 1.12 bits per heavy atom. The lowest BCUT2D eigenvalue weighted by Crippen LogP contribution is -2.31. The van der Waals surface area contributed by atoms with E-state index in [1.807, 2.05) is 67.6 Å². The van der Waals surface area contributed by atoms with Crippen molar-refractivity contribution in [1.82, 2.24) is 4.57 Å². The van der Waals surface area contributed by atoms with Crippen molar-refractivity contribution in [2.75, 3.05) is 0 Å². The Kier molecular flexibility index (Phi) is 5.18. The van der Waals surface area contributed by atoms with Gasteiger partial charge in [0.25, 0.3) is 5.56 Å². The van der Waals surface area contributed by atoms with Gasteiger partial charge in [-0.3, -0.25) is 9.36 Å². The first-order valence-electron chi connectivity index (χ1n) is 7.65. The van der Waals surface area contributed by atoms with E-state index in [4.69, 9.17) is 0 Å². The molecule has 0 spiro atoms. The molecule has 0 unspecified atom stereocenters. The van der Waals surface area contributed by atoms with Gasteiger partial charge in [-0.1, -0.05) is 52.3 Å². The summed E-state index contributed by atoms with van der Waals surface area (Å²) >= 11 is 4.61. The van der Waals surface area contributed by atoms with Gasteiger partial charge in [0, 0.05) is 4.47 Å². The summed E-state index contributed by atoms with van der Waals surface area (Å²) in [7, 11) is 0. The monoisotopic (exact) mass is 421 g/mol. The Balaban J connectivity index is 2.46. The van der Waals surface area contributed by atoms with Crippen molar-refractivity contribution in [3.8, 4) is 17.8 Å². The Bertz CT molecular complexity index is 1240. The van der Waals surface area contributed by atoms with Crippen LogP contribution in [0.25, 0.3) is 17.3 Å². The number of nitriles is 2. The minimum atomic E-state index is -0.252. The number of para-hydroxylation sites is 1. The molecule has 0 aliphatic carbocycles. The zero-order valence-electron chi connectivity index (χ0n) is 13.7. The first-order chi connectivity index (χ1) is 12.6. The molecular weight excluding hydrogens is 410 g/mol. The van der Waals surface area contributed by atoms with Gasteiger partial charge in [-0.25, -0.2) is 0 Å². The van der Waals surface area contributed by atoms with E-state index in [-0.39, 0.29) is 11.1 Å². The molecule has 0 atom stereocenters. The smallest absolute Gasteiger partial charge is 0.267 e. The van der Waals surface area contributed by atoms with Crippen LogP contribution in [0.2, 0.25) is 0 Å². The Hall–Kier alpha value is -2.93. The van der Waals surface area contributed by atoms with Gasteiger partial charge in [-0.05, 0) is 36.3 Å². The van der Waals surface area contributed by atoms with Gasteiger partial charge in [-0.2, -0.15) is 10.5 Å². The van der Waals surface area contributed by atoms with E-state index in [0.717, 1.165) is 26.9 Å². The van der Waals surface area contributed by atoms with E-state index in [9.17, 15) is 15.3 Å². The molecule has 6 heteroatoms. The highest BCUT2D eigenvalue weighted by Gasteiger charge is 2.12. The molecule has 0 bridgehead atoms. The minimum absolute atomic E-state index is 0.0814. The minimum Gasteiger partial charge on any atom is -0.267 e. The fourth-order valence-corrected chi connectivity index (χ4v) is 3.97. The average Bonchev–Trinajstić information content (AvgIpc) is 2.95. The maximum absolute atomic E-state index is 13.1. The van der Waals surface area contributed by atoms with Crippen LogP contribution in [0.1, 0.15) is 11.1 Å². The summed E-state index contributed by atoms with van der Waals surface area (Å²) in [5.41, 5.74) is 2.07. The summed E-state index contributed by atoms with van der Waals surface area (Å²) in [6.07, 6.45) is 1.77. The van der Waals surface area contributed by atoms with E-state index in [1.165, 1.54) is 4.57 Å². The molecule has 0 saturated carbocycles. The first kappa shape index (κ1) is 17.9. The van der Waals surface area contributed by atoms with Crippen LogP contribution in [0.4, 0.5) is 0 Å². The number of thiazole rings is 1. The lowest BCUT2D eigenvalue weighted by Gasteiger charge is -2.05. The fraction of sp³-hybridized carbons (Fsp3) is 0.0500. The van der Waals surface area contributed by atoms with Crippen molar-refractivity contribution in [3.63, 3.8) is 0 Å². The molecule has 0 amide bonds. The molecule has 0 aliphatic heterocycles. The molecule has 26 heavy (non-hydrogen) atoms. The Morgan fingerprint density at radius 2 is 1.77 bits per heavy atom. The van der Waals surface area contributed by atoms with E-state index >= 15 is 0 Å². The number of rotatable bonds is 2.